The maximum Gasteiger partial charge on any atom is 0.164 e. The Balaban J connectivity index is 2.62. The molecule has 0 spiro atoms. The highest BCUT2D eigenvalue weighted by atomic mass is 16.1. The zero-order valence-electron chi connectivity index (χ0n) is 9.36. The van der Waals surface area contributed by atoms with Crippen molar-refractivity contribution < 1.29 is 4.79 Å². The fourth-order valence-electron chi connectivity index (χ4n) is 1.27. The summed E-state index contributed by atoms with van der Waals surface area (Å²) in [5, 5.41) is 0. The van der Waals surface area contributed by atoms with Crippen molar-refractivity contribution in [3.63, 3.8) is 0 Å². The summed E-state index contributed by atoms with van der Waals surface area (Å²) in [5.74, 6) is 0.194. The first-order valence-corrected chi connectivity index (χ1v) is 5.04. The zero-order valence-corrected chi connectivity index (χ0v) is 9.36. The van der Waals surface area contributed by atoms with E-state index in [4.69, 9.17) is 0 Å². The van der Waals surface area contributed by atoms with Gasteiger partial charge < -0.3 is 4.90 Å². The Labute approximate surface area is 91.2 Å². The van der Waals surface area contributed by atoms with Gasteiger partial charge in [-0.2, -0.15) is 0 Å². The lowest BCUT2D eigenvalue weighted by Gasteiger charge is -2.08. The largest absolute Gasteiger partial charge is 0.309 e. The lowest BCUT2D eigenvalue weighted by Crippen LogP contribution is -2.16. The Morgan fingerprint density at radius 1 is 1.33 bits per heavy atom. The molecule has 0 heterocycles. The molecule has 0 aliphatic rings. The average molecular weight is 203 g/mol. The molecule has 0 bridgehead atoms. The molecule has 1 aromatic rings. The van der Waals surface area contributed by atoms with Crippen molar-refractivity contribution in [3.8, 4) is 0 Å². The molecule has 1 aromatic carbocycles. The number of benzene rings is 1. The molecule has 0 aliphatic carbocycles. The van der Waals surface area contributed by atoms with Crippen molar-refractivity contribution in [1.82, 2.24) is 4.90 Å². The van der Waals surface area contributed by atoms with Crippen molar-refractivity contribution in [1.29, 1.82) is 0 Å². The minimum absolute atomic E-state index is 0.194. The molecular weight excluding hydrogens is 186 g/mol. The summed E-state index contributed by atoms with van der Waals surface area (Å²) in [6.45, 7) is 4.47. The van der Waals surface area contributed by atoms with Gasteiger partial charge in [-0.05, 0) is 19.7 Å². The van der Waals surface area contributed by atoms with Gasteiger partial charge in [-0.25, -0.2) is 0 Å². The van der Waals surface area contributed by atoms with Crippen LogP contribution in [0.4, 0.5) is 0 Å². The molecule has 0 saturated carbocycles. The molecule has 1 rings (SSSR count). The summed E-state index contributed by atoms with van der Waals surface area (Å²) >= 11 is 0. The predicted molar refractivity (Wildman–Crippen MR) is 64.0 cm³/mol. The zero-order chi connectivity index (χ0) is 11.3. The second kappa shape index (κ2) is 5.47. The van der Waals surface area contributed by atoms with Crippen LogP contribution in [0.5, 0.6) is 0 Å². The Hall–Kier alpha value is -1.41. The van der Waals surface area contributed by atoms with Crippen LogP contribution < -0.4 is 0 Å². The van der Waals surface area contributed by atoms with Crippen molar-refractivity contribution in [2.24, 2.45) is 0 Å². The van der Waals surface area contributed by atoms with E-state index in [0.29, 0.717) is 6.42 Å². The molecule has 0 aliphatic heterocycles. The summed E-state index contributed by atoms with van der Waals surface area (Å²) in [7, 11) is 3.93. The van der Waals surface area contributed by atoms with E-state index < -0.39 is 0 Å². The van der Waals surface area contributed by atoms with E-state index in [0.717, 1.165) is 17.7 Å². The molecule has 2 nitrogen and oxygen atoms in total. The van der Waals surface area contributed by atoms with Gasteiger partial charge in [0.25, 0.3) is 0 Å². The van der Waals surface area contributed by atoms with E-state index in [1.807, 2.05) is 43.3 Å². The molecule has 0 saturated heterocycles. The molecule has 0 amide bonds. The molecule has 0 atom stereocenters. The molecular formula is C13H17NO. The van der Waals surface area contributed by atoms with Gasteiger partial charge in [0.1, 0.15) is 0 Å². The number of carbonyl (C=O) groups excluding carboxylic acids is 1. The number of hydrogen-bond donors (Lipinski definition) is 0. The first-order valence-electron chi connectivity index (χ1n) is 5.04. The Morgan fingerprint density at radius 3 is 2.40 bits per heavy atom. The van der Waals surface area contributed by atoms with Crippen LogP contribution in [-0.2, 0) is 0 Å². The molecule has 0 N–H and O–H groups in total. The van der Waals surface area contributed by atoms with Gasteiger partial charge in [0.2, 0.25) is 0 Å². The second-order valence-electron chi connectivity index (χ2n) is 3.80. The monoisotopic (exact) mass is 203 g/mol. The van der Waals surface area contributed by atoms with Crippen LogP contribution in [0.25, 0.3) is 6.08 Å². The Bertz CT molecular complexity index is 338. The molecule has 2 heteroatoms. The molecule has 15 heavy (non-hydrogen) atoms. The summed E-state index contributed by atoms with van der Waals surface area (Å²) in [6, 6.07) is 7.54. The van der Waals surface area contributed by atoms with E-state index >= 15 is 0 Å². The molecule has 0 aromatic heterocycles. The normalized spacial score (nSPS) is 10.3. The van der Waals surface area contributed by atoms with Crippen LogP contribution in [0, 0.1) is 0 Å². The molecule has 0 fully saturated rings. The van der Waals surface area contributed by atoms with Crippen LogP contribution in [0.15, 0.2) is 30.8 Å². The molecule has 80 valence electrons. The van der Waals surface area contributed by atoms with Gasteiger partial charge >= 0.3 is 0 Å². The predicted octanol–water partition coefficient (Wildman–Crippen LogP) is 2.46. The average Bonchev–Trinajstić information content (AvgIpc) is 2.26. The third-order valence-corrected chi connectivity index (χ3v) is 2.25. The molecule has 0 unspecified atom stereocenters. The van der Waals surface area contributed by atoms with Crippen LogP contribution in [-0.4, -0.2) is 31.3 Å². The number of rotatable bonds is 5. The summed E-state index contributed by atoms with van der Waals surface area (Å²) < 4.78 is 0. The standard InChI is InChI=1S/C13H17NO/c1-4-11-5-7-12(8-6-11)13(15)9-10-14(2)3/h4-8H,1,9-10H2,2-3H3. The van der Waals surface area contributed by atoms with E-state index in [1.165, 1.54) is 0 Å². The highest BCUT2D eigenvalue weighted by Gasteiger charge is 2.05. The lowest BCUT2D eigenvalue weighted by atomic mass is 10.1. The minimum atomic E-state index is 0.194. The minimum Gasteiger partial charge on any atom is -0.309 e. The van der Waals surface area contributed by atoms with Crippen LogP contribution in [0.1, 0.15) is 22.3 Å². The van der Waals surface area contributed by atoms with Gasteiger partial charge in [-0.1, -0.05) is 36.9 Å². The van der Waals surface area contributed by atoms with Gasteiger partial charge in [0.15, 0.2) is 5.78 Å². The van der Waals surface area contributed by atoms with Crippen molar-refractivity contribution in [3.05, 3.63) is 42.0 Å². The number of hydrogen-bond acceptors (Lipinski definition) is 2. The van der Waals surface area contributed by atoms with Gasteiger partial charge in [-0.15, -0.1) is 0 Å². The van der Waals surface area contributed by atoms with Gasteiger partial charge in [0, 0.05) is 18.5 Å². The fourth-order valence-corrected chi connectivity index (χ4v) is 1.27. The topological polar surface area (TPSA) is 20.3 Å². The SMILES string of the molecule is C=Cc1ccc(C(=O)CCN(C)C)cc1. The first-order chi connectivity index (χ1) is 7.13. The number of nitrogens with zero attached hydrogens (tertiary/aromatic N) is 1. The highest BCUT2D eigenvalue weighted by Crippen LogP contribution is 2.07. The van der Waals surface area contributed by atoms with Gasteiger partial charge in [-0.3, -0.25) is 4.79 Å². The van der Waals surface area contributed by atoms with E-state index in [-0.39, 0.29) is 5.78 Å². The van der Waals surface area contributed by atoms with Crippen molar-refractivity contribution in [2.45, 2.75) is 6.42 Å². The Morgan fingerprint density at radius 2 is 1.93 bits per heavy atom. The second-order valence-corrected chi connectivity index (χ2v) is 3.80. The highest BCUT2D eigenvalue weighted by molar-refractivity contribution is 5.96. The van der Waals surface area contributed by atoms with Gasteiger partial charge in [0.05, 0.1) is 0 Å². The maximum absolute atomic E-state index is 11.7. The number of carbonyl (C=O) groups is 1. The summed E-state index contributed by atoms with van der Waals surface area (Å²) in [4.78, 5) is 13.7. The van der Waals surface area contributed by atoms with Crippen LogP contribution in [0.2, 0.25) is 0 Å². The maximum atomic E-state index is 11.7. The number of Topliss-reactive ketones (excluding diaryl/α,β-unsaturated/α-hetero) is 1. The summed E-state index contributed by atoms with van der Waals surface area (Å²) in [6.07, 6.45) is 2.34. The first kappa shape index (κ1) is 11.7. The number of ketones is 1. The smallest absolute Gasteiger partial charge is 0.164 e. The van der Waals surface area contributed by atoms with Crippen LogP contribution >= 0.6 is 0 Å². The van der Waals surface area contributed by atoms with Crippen molar-refractivity contribution >= 4 is 11.9 Å². The third-order valence-electron chi connectivity index (χ3n) is 2.25. The lowest BCUT2D eigenvalue weighted by molar-refractivity contribution is 0.0972. The van der Waals surface area contributed by atoms with Crippen molar-refractivity contribution in [2.75, 3.05) is 20.6 Å². The van der Waals surface area contributed by atoms with E-state index in [9.17, 15) is 4.79 Å². The summed E-state index contributed by atoms with van der Waals surface area (Å²) in [5.41, 5.74) is 1.82. The quantitative estimate of drug-likeness (QED) is 0.685. The fraction of sp³-hybridized carbons (Fsp3) is 0.308. The van der Waals surface area contributed by atoms with E-state index in [2.05, 4.69) is 6.58 Å². The molecule has 0 radical (unpaired) electrons. The Kier molecular flexibility index (Phi) is 4.25. The third kappa shape index (κ3) is 3.68. The van der Waals surface area contributed by atoms with E-state index in [1.54, 1.807) is 6.08 Å². The van der Waals surface area contributed by atoms with Crippen LogP contribution in [0.3, 0.4) is 0 Å².